The Kier molecular flexibility index (Phi) is 2.76. The van der Waals surface area contributed by atoms with Crippen molar-refractivity contribution in [2.45, 2.75) is 26.8 Å². The Morgan fingerprint density at radius 1 is 1.62 bits per heavy atom. The van der Waals surface area contributed by atoms with E-state index in [0.717, 1.165) is 19.5 Å². The molecule has 1 aliphatic heterocycles. The van der Waals surface area contributed by atoms with Gasteiger partial charge in [-0.3, -0.25) is 4.79 Å². The molecule has 1 saturated heterocycles. The van der Waals surface area contributed by atoms with Crippen molar-refractivity contribution < 1.29 is 9.21 Å². The van der Waals surface area contributed by atoms with Gasteiger partial charge in [-0.1, -0.05) is 13.8 Å². The molecule has 0 atom stereocenters. The van der Waals surface area contributed by atoms with E-state index in [1.807, 2.05) is 4.90 Å². The summed E-state index contributed by atoms with van der Waals surface area (Å²) in [6, 6.07) is 1.73. The largest absolute Gasteiger partial charge is 0.467 e. The van der Waals surface area contributed by atoms with Crippen molar-refractivity contribution in [3.05, 3.63) is 23.7 Å². The summed E-state index contributed by atoms with van der Waals surface area (Å²) in [7, 11) is 0. The Morgan fingerprint density at radius 3 is 2.88 bits per heavy atom. The zero-order valence-corrected chi connectivity index (χ0v) is 9.82. The van der Waals surface area contributed by atoms with Crippen LogP contribution in [0.25, 0.3) is 0 Å². The van der Waals surface area contributed by atoms with Crippen LogP contribution in [0.4, 0.5) is 0 Å². The summed E-state index contributed by atoms with van der Waals surface area (Å²) in [4.78, 5) is 14.0. The highest BCUT2D eigenvalue weighted by Crippen LogP contribution is 2.29. The molecule has 1 amide bonds. The number of furan rings is 1. The molecule has 1 aromatic heterocycles. The predicted octanol–water partition coefficient (Wildman–Crippen LogP) is 1.61. The second-order valence-corrected chi connectivity index (χ2v) is 5.15. The van der Waals surface area contributed by atoms with Crippen molar-refractivity contribution in [1.29, 1.82) is 0 Å². The number of hydrogen-bond acceptors (Lipinski definition) is 3. The normalized spacial score (nSPS) is 19.1. The van der Waals surface area contributed by atoms with Crippen molar-refractivity contribution in [1.82, 2.24) is 4.90 Å². The van der Waals surface area contributed by atoms with Crippen LogP contribution in [0.2, 0.25) is 0 Å². The van der Waals surface area contributed by atoms with E-state index in [9.17, 15) is 4.79 Å². The van der Waals surface area contributed by atoms with Crippen LogP contribution < -0.4 is 5.73 Å². The molecule has 4 nitrogen and oxygen atoms in total. The van der Waals surface area contributed by atoms with Gasteiger partial charge in [0.1, 0.15) is 12.0 Å². The maximum Gasteiger partial charge on any atom is 0.257 e. The molecule has 0 spiro atoms. The van der Waals surface area contributed by atoms with Crippen LogP contribution in [-0.4, -0.2) is 23.9 Å². The van der Waals surface area contributed by atoms with Crippen molar-refractivity contribution >= 4 is 5.91 Å². The third-order valence-corrected chi connectivity index (χ3v) is 3.07. The first kappa shape index (κ1) is 11.2. The SMILES string of the molecule is CC1(C)CCN(C(=O)c2coc(CN)c2)C1. The van der Waals surface area contributed by atoms with Gasteiger partial charge in [-0.25, -0.2) is 0 Å². The van der Waals surface area contributed by atoms with E-state index < -0.39 is 0 Å². The number of nitrogens with zero attached hydrogens (tertiary/aromatic N) is 1. The summed E-state index contributed by atoms with van der Waals surface area (Å²) < 4.78 is 5.17. The van der Waals surface area contributed by atoms with Crippen molar-refractivity contribution in [2.75, 3.05) is 13.1 Å². The van der Waals surface area contributed by atoms with Gasteiger partial charge < -0.3 is 15.1 Å². The van der Waals surface area contributed by atoms with E-state index in [2.05, 4.69) is 13.8 Å². The van der Waals surface area contributed by atoms with Crippen LogP contribution in [0.3, 0.4) is 0 Å². The van der Waals surface area contributed by atoms with Crippen molar-refractivity contribution in [3.63, 3.8) is 0 Å². The Hall–Kier alpha value is -1.29. The van der Waals surface area contributed by atoms with Gasteiger partial charge in [0.15, 0.2) is 0 Å². The van der Waals surface area contributed by atoms with Crippen LogP contribution in [0, 0.1) is 5.41 Å². The molecule has 88 valence electrons. The number of likely N-dealkylation sites (tertiary alicyclic amines) is 1. The number of amides is 1. The van der Waals surface area contributed by atoms with Gasteiger partial charge in [-0.05, 0) is 17.9 Å². The Morgan fingerprint density at radius 2 is 2.38 bits per heavy atom. The zero-order chi connectivity index (χ0) is 11.8. The van der Waals surface area contributed by atoms with Crippen molar-refractivity contribution in [3.8, 4) is 0 Å². The molecule has 0 unspecified atom stereocenters. The lowest BCUT2D eigenvalue weighted by molar-refractivity contribution is 0.0777. The molecule has 0 aromatic carbocycles. The number of rotatable bonds is 2. The Bertz CT molecular complexity index is 395. The fourth-order valence-corrected chi connectivity index (χ4v) is 2.07. The van der Waals surface area contributed by atoms with E-state index >= 15 is 0 Å². The lowest BCUT2D eigenvalue weighted by Gasteiger charge is -2.19. The van der Waals surface area contributed by atoms with Gasteiger partial charge in [-0.15, -0.1) is 0 Å². The van der Waals surface area contributed by atoms with Crippen LogP contribution in [0.15, 0.2) is 16.7 Å². The topological polar surface area (TPSA) is 59.5 Å². The predicted molar refractivity (Wildman–Crippen MR) is 60.9 cm³/mol. The van der Waals surface area contributed by atoms with E-state index in [4.69, 9.17) is 10.2 Å². The van der Waals surface area contributed by atoms with Crippen LogP contribution >= 0.6 is 0 Å². The first-order chi connectivity index (χ1) is 7.52. The van der Waals surface area contributed by atoms with Crippen molar-refractivity contribution in [2.24, 2.45) is 11.1 Å². The third kappa shape index (κ3) is 2.11. The molecule has 2 heterocycles. The smallest absolute Gasteiger partial charge is 0.257 e. The minimum Gasteiger partial charge on any atom is -0.467 e. The molecule has 4 heteroatoms. The van der Waals surface area contributed by atoms with Crippen LogP contribution in [0.5, 0.6) is 0 Å². The van der Waals surface area contributed by atoms with Crippen LogP contribution in [-0.2, 0) is 6.54 Å². The second-order valence-electron chi connectivity index (χ2n) is 5.15. The molecule has 0 bridgehead atoms. The molecule has 1 fully saturated rings. The lowest BCUT2D eigenvalue weighted by atomic mass is 9.93. The highest BCUT2D eigenvalue weighted by molar-refractivity contribution is 5.94. The molecule has 16 heavy (non-hydrogen) atoms. The summed E-state index contributed by atoms with van der Waals surface area (Å²) in [6.07, 6.45) is 2.55. The van der Waals surface area contributed by atoms with Crippen LogP contribution in [0.1, 0.15) is 36.4 Å². The number of carbonyl (C=O) groups excluding carboxylic acids is 1. The maximum absolute atomic E-state index is 12.1. The third-order valence-electron chi connectivity index (χ3n) is 3.07. The molecule has 2 rings (SSSR count). The monoisotopic (exact) mass is 222 g/mol. The summed E-state index contributed by atoms with van der Waals surface area (Å²) in [5.74, 6) is 0.704. The fourth-order valence-electron chi connectivity index (χ4n) is 2.07. The Balaban J connectivity index is 2.08. The number of nitrogens with two attached hydrogens (primary N) is 1. The maximum atomic E-state index is 12.1. The molecular weight excluding hydrogens is 204 g/mol. The highest BCUT2D eigenvalue weighted by atomic mass is 16.3. The van der Waals surface area contributed by atoms with Gasteiger partial charge in [0.05, 0.1) is 12.1 Å². The summed E-state index contributed by atoms with van der Waals surface area (Å²) in [6.45, 7) is 6.34. The van der Waals surface area contributed by atoms with Gasteiger partial charge >= 0.3 is 0 Å². The second kappa shape index (κ2) is 3.94. The summed E-state index contributed by atoms with van der Waals surface area (Å²) in [5, 5.41) is 0. The fraction of sp³-hybridized carbons (Fsp3) is 0.583. The minimum atomic E-state index is 0.0500. The van der Waals surface area contributed by atoms with E-state index in [-0.39, 0.29) is 11.3 Å². The molecule has 0 radical (unpaired) electrons. The van der Waals surface area contributed by atoms with Gasteiger partial charge in [0, 0.05) is 13.1 Å². The first-order valence-corrected chi connectivity index (χ1v) is 5.58. The molecule has 1 aromatic rings. The molecule has 2 N–H and O–H groups in total. The Labute approximate surface area is 95.4 Å². The highest BCUT2D eigenvalue weighted by Gasteiger charge is 2.32. The standard InChI is InChI=1S/C12H18N2O2/c1-12(2)3-4-14(8-12)11(15)9-5-10(6-13)16-7-9/h5,7H,3-4,6,8,13H2,1-2H3. The van der Waals surface area contributed by atoms with E-state index in [1.54, 1.807) is 6.07 Å². The summed E-state index contributed by atoms with van der Waals surface area (Å²) >= 11 is 0. The molecular formula is C12H18N2O2. The number of hydrogen-bond donors (Lipinski definition) is 1. The molecule has 1 aliphatic rings. The molecule has 0 aliphatic carbocycles. The molecule has 0 saturated carbocycles. The van der Waals surface area contributed by atoms with Gasteiger partial charge in [0.25, 0.3) is 5.91 Å². The lowest BCUT2D eigenvalue weighted by Crippen LogP contribution is -2.29. The average Bonchev–Trinajstić information content (AvgIpc) is 2.83. The minimum absolute atomic E-state index is 0.0500. The van der Waals surface area contributed by atoms with Gasteiger partial charge in [0.2, 0.25) is 0 Å². The average molecular weight is 222 g/mol. The van der Waals surface area contributed by atoms with Gasteiger partial charge in [-0.2, -0.15) is 0 Å². The van der Waals surface area contributed by atoms with E-state index in [0.29, 0.717) is 17.9 Å². The quantitative estimate of drug-likeness (QED) is 0.827. The zero-order valence-electron chi connectivity index (χ0n) is 9.82. The van der Waals surface area contributed by atoms with E-state index in [1.165, 1.54) is 6.26 Å². The first-order valence-electron chi connectivity index (χ1n) is 5.58. The number of carbonyl (C=O) groups is 1. The summed E-state index contributed by atoms with van der Waals surface area (Å²) in [5.41, 5.74) is 6.28.